The van der Waals surface area contributed by atoms with Crippen molar-refractivity contribution in [2.45, 2.75) is 32.0 Å². The van der Waals surface area contributed by atoms with E-state index in [-0.39, 0.29) is 11.8 Å². The van der Waals surface area contributed by atoms with Crippen LogP contribution in [0.3, 0.4) is 0 Å². The largest absolute Gasteiger partial charge is 0.434 e. The van der Waals surface area contributed by atoms with Gasteiger partial charge in [0.2, 0.25) is 0 Å². The van der Waals surface area contributed by atoms with Crippen LogP contribution >= 0.6 is 11.6 Å². The van der Waals surface area contributed by atoms with Gasteiger partial charge in [0.05, 0.1) is 0 Å². The first-order chi connectivity index (χ1) is 9.51. The summed E-state index contributed by atoms with van der Waals surface area (Å²) in [5.74, 6) is 0.784. The number of ether oxygens (including phenoxy) is 1. The van der Waals surface area contributed by atoms with Crippen molar-refractivity contribution in [3.05, 3.63) is 28.8 Å². The van der Waals surface area contributed by atoms with Gasteiger partial charge in [0, 0.05) is 29.7 Å². The lowest BCUT2D eigenvalue weighted by molar-refractivity contribution is -0.0508. The molecular formula is C14H19ClF2N2O. The zero-order chi connectivity index (χ0) is 14.7. The predicted octanol–water partition coefficient (Wildman–Crippen LogP) is 3.11. The number of halogens is 3. The molecule has 1 aliphatic rings. The standard InChI is InChI=1S/C14H19ClF2N2O/c1-19(12(7-18)9-2-3-9)8-10-6-11(15)4-5-13(10)20-14(16)17/h4-6,9,12,14H,2-3,7-8,18H2,1H3. The molecule has 1 aromatic rings. The molecule has 1 atom stereocenters. The van der Waals surface area contributed by atoms with Crippen LogP contribution in [-0.2, 0) is 6.54 Å². The van der Waals surface area contributed by atoms with E-state index < -0.39 is 6.61 Å². The average Bonchev–Trinajstić information content (AvgIpc) is 3.17. The molecule has 0 heterocycles. The van der Waals surface area contributed by atoms with Gasteiger partial charge in [-0.05, 0) is 44.0 Å². The van der Waals surface area contributed by atoms with Crippen LogP contribution in [0, 0.1) is 5.92 Å². The Kier molecular flexibility index (Phi) is 5.18. The summed E-state index contributed by atoms with van der Waals surface area (Å²) in [6.07, 6.45) is 2.37. The monoisotopic (exact) mass is 304 g/mol. The van der Waals surface area contributed by atoms with Gasteiger partial charge in [-0.15, -0.1) is 0 Å². The molecule has 2 rings (SSSR count). The summed E-state index contributed by atoms with van der Waals surface area (Å²) >= 11 is 5.94. The molecule has 1 saturated carbocycles. The second-order valence-electron chi connectivity index (χ2n) is 5.19. The van der Waals surface area contributed by atoms with E-state index in [1.807, 2.05) is 7.05 Å². The molecule has 1 aliphatic carbocycles. The average molecular weight is 305 g/mol. The fourth-order valence-electron chi connectivity index (χ4n) is 2.48. The van der Waals surface area contributed by atoms with E-state index in [0.29, 0.717) is 29.6 Å². The van der Waals surface area contributed by atoms with Gasteiger partial charge in [-0.25, -0.2) is 0 Å². The smallest absolute Gasteiger partial charge is 0.387 e. The Morgan fingerprint density at radius 3 is 2.70 bits per heavy atom. The van der Waals surface area contributed by atoms with Crippen LogP contribution in [-0.4, -0.2) is 31.1 Å². The van der Waals surface area contributed by atoms with Crippen molar-refractivity contribution in [2.75, 3.05) is 13.6 Å². The highest BCUT2D eigenvalue weighted by molar-refractivity contribution is 6.30. The van der Waals surface area contributed by atoms with Gasteiger partial charge in [0.25, 0.3) is 0 Å². The highest BCUT2D eigenvalue weighted by atomic mass is 35.5. The molecule has 0 radical (unpaired) electrons. The summed E-state index contributed by atoms with van der Waals surface area (Å²) in [7, 11) is 1.95. The first kappa shape index (κ1) is 15.5. The molecule has 0 saturated heterocycles. The van der Waals surface area contributed by atoms with E-state index in [1.54, 1.807) is 12.1 Å². The molecular weight excluding hydrogens is 286 g/mol. The van der Waals surface area contributed by atoms with E-state index >= 15 is 0 Å². The van der Waals surface area contributed by atoms with Gasteiger partial charge in [-0.1, -0.05) is 11.6 Å². The Bertz CT molecular complexity index is 455. The van der Waals surface area contributed by atoms with Crippen molar-refractivity contribution < 1.29 is 13.5 Å². The van der Waals surface area contributed by atoms with Crippen LogP contribution in [0.15, 0.2) is 18.2 Å². The van der Waals surface area contributed by atoms with Crippen molar-refractivity contribution in [3.8, 4) is 5.75 Å². The van der Waals surface area contributed by atoms with E-state index in [1.165, 1.54) is 18.9 Å². The Morgan fingerprint density at radius 2 is 2.15 bits per heavy atom. The van der Waals surface area contributed by atoms with Crippen molar-refractivity contribution in [1.82, 2.24) is 4.90 Å². The van der Waals surface area contributed by atoms with Gasteiger partial charge >= 0.3 is 6.61 Å². The fourth-order valence-corrected chi connectivity index (χ4v) is 2.68. The maximum atomic E-state index is 12.4. The predicted molar refractivity (Wildman–Crippen MR) is 75.1 cm³/mol. The Morgan fingerprint density at radius 1 is 1.45 bits per heavy atom. The second kappa shape index (κ2) is 6.70. The Labute approximate surface area is 122 Å². The number of hydrogen-bond acceptors (Lipinski definition) is 3. The minimum absolute atomic E-state index is 0.169. The lowest BCUT2D eigenvalue weighted by Crippen LogP contribution is -2.39. The second-order valence-corrected chi connectivity index (χ2v) is 5.62. The summed E-state index contributed by atoms with van der Waals surface area (Å²) in [6, 6.07) is 4.96. The number of rotatable bonds is 7. The maximum absolute atomic E-state index is 12.4. The SMILES string of the molecule is CN(Cc1cc(Cl)ccc1OC(F)F)C(CN)C1CC1. The zero-order valence-corrected chi connectivity index (χ0v) is 12.1. The highest BCUT2D eigenvalue weighted by Gasteiger charge is 2.33. The minimum atomic E-state index is -2.84. The molecule has 1 unspecified atom stereocenters. The molecule has 0 aromatic heterocycles. The third-order valence-electron chi connectivity index (χ3n) is 3.63. The van der Waals surface area contributed by atoms with Crippen LogP contribution < -0.4 is 10.5 Å². The zero-order valence-electron chi connectivity index (χ0n) is 11.4. The summed E-state index contributed by atoms with van der Waals surface area (Å²) in [5, 5.41) is 0.505. The van der Waals surface area contributed by atoms with Crippen molar-refractivity contribution >= 4 is 11.6 Å². The van der Waals surface area contributed by atoms with E-state index in [4.69, 9.17) is 17.3 Å². The lowest BCUT2D eigenvalue weighted by Gasteiger charge is -2.27. The first-order valence-electron chi connectivity index (χ1n) is 6.64. The van der Waals surface area contributed by atoms with Crippen LogP contribution in [0.5, 0.6) is 5.75 Å². The molecule has 0 aliphatic heterocycles. The van der Waals surface area contributed by atoms with E-state index in [2.05, 4.69) is 9.64 Å². The van der Waals surface area contributed by atoms with Crippen LogP contribution in [0.1, 0.15) is 18.4 Å². The summed E-state index contributed by atoms with van der Waals surface area (Å²) in [5.41, 5.74) is 6.45. The third kappa shape index (κ3) is 4.04. The van der Waals surface area contributed by atoms with Crippen molar-refractivity contribution in [3.63, 3.8) is 0 Å². The fraction of sp³-hybridized carbons (Fsp3) is 0.571. The molecule has 0 spiro atoms. The first-order valence-corrected chi connectivity index (χ1v) is 7.02. The molecule has 6 heteroatoms. The van der Waals surface area contributed by atoms with Gasteiger partial charge < -0.3 is 10.5 Å². The summed E-state index contributed by atoms with van der Waals surface area (Å²) in [6.45, 7) is -1.79. The van der Waals surface area contributed by atoms with Gasteiger partial charge in [-0.2, -0.15) is 8.78 Å². The number of benzene rings is 1. The molecule has 2 N–H and O–H groups in total. The van der Waals surface area contributed by atoms with Gasteiger partial charge in [0.15, 0.2) is 0 Å². The number of nitrogens with two attached hydrogens (primary N) is 1. The molecule has 20 heavy (non-hydrogen) atoms. The Hall–Kier alpha value is -0.910. The molecule has 3 nitrogen and oxygen atoms in total. The molecule has 1 aromatic carbocycles. The number of hydrogen-bond donors (Lipinski definition) is 1. The molecule has 0 bridgehead atoms. The number of nitrogens with zero attached hydrogens (tertiary/aromatic N) is 1. The number of likely N-dealkylation sites (N-methyl/N-ethyl adjacent to an activating group) is 1. The van der Waals surface area contributed by atoms with E-state index in [9.17, 15) is 8.78 Å². The van der Waals surface area contributed by atoms with Gasteiger partial charge in [-0.3, -0.25) is 4.90 Å². The Balaban J connectivity index is 2.11. The lowest BCUT2D eigenvalue weighted by atomic mass is 10.1. The van der Waals surface area contributed by atoms with Crippen molar-refractivity contribution in [1.29, 1.82) is 0 Å². The van der Waals surface area contributed by atoms with Crippen LogP contribution in [0.2, 0.25) is 5.02 Å². The van der Waals surface area contributed by atoms with Crippen LogP contribution in [0.4, 0.5) is 8.78 Å². The third-order valence-corrected chi connectivity index (χ3v) is 3.87. The quantitative estimate of drug-likeness (QED) is 0.841. The summed E-state index contributed by atoms with van der Waals surface area (Å²) in [4.78, 5) is 2.08. The maximum Gasteiger partial charge on any atom is 0.387 e. The van der Waals surface area contributed by atoms with E-state index in [0.717, 1.165) is 0 Å². The van der Waals surface area contributed by atoms with Gasteiger partial charge in [0.1, 0.15) is 5.75 Å². The van der Waals surface area contributed by atoms with Crippen LogP contribution in [0.25, 0.3) is 0 Å². The molecule has 1 fully saturated rings. The normalized spacial score (nSPS) is 16.8. The minimum Gasteiger partial charge on any atom is -0.434 e. The van der Waals surface area contributed by atoms with Crippen molar-refractivity contribution in [2.24, 2.45) is 11.7 Å². The molecule has 0 amide bonds. The molecule has 112 valence electrons. The summed E-state index contributed by atoms with van der Waals surface area (Å²) < 4.78 is 29.4. The topological polar surface area (TPSA) is 38.5 Å². The highest BCUT2D eigenvalue weighted by Crippen LogP contribution is 2.35. The number of alkyl halides is 2.